The Morgan fingerprint density at radius 3 is 2.52 bits per heavy atom. The first-order chi connectivity index (χ1) is 9.97. The van der Waals surface area contributed by atoms with Gasteiger partial charge in [-0.25, -0.2) is 9.37 Å². The van der Waals surface area contributed by atoms with Crippen LogP contribution in [0, 0.1) is 19.7 Å². The molecular formula is C17H18FN3. The molecule has 1 aromatic heterocycles. The molecule has 0 saturated carbocycles. The van der Waals surface area contributed by atoms with E-state index in [1.807, 2.05) is 39.0 Å². The molecule has 2 N–H and O–H groups in total. The minimum Gasteiger partial charge on any atom is -0.324 e. The first-order valence-corrected chi connectivity index (χ1v) is 6.97. The summed E-state index contributed by atoms with van der Waals surface area (Å²) in [7, 11) is 0. The van der Waals surface area contributed by atoms with Crippen LogP contribution >= 0.6 is 0 Å². The van der Waals surface area contributed by atoms with Crippen LogP contribution in [-0.4, -0.2) is 9.55 Å². The van der Waals surface area contributed by atoms with Gasteiger partial charge in [0.05, 0.1) is 16.7 Å². The van der Waals surface area contributed by atoms with Crippen molar-refractivity contribution in [3.63, 3.8) is 0 Å². The second-order valence-electron chi connectivity index (χ2n) is 5.54. The van der Waals surface area contributed by atoms with E-state index in [1.165, 1.54) is 11.6 Å². The zero-order valence-electron chi connectivity index (χ0n) is 12.4. The predicted octanol–water partition coefficient (Wildman–Crippen LogP) is 3.80. The lowest BCUT2D eigenvalue weighted by atomic mass is 10.1. The SMILES string of the molecule is Cc1cc2ncn(-c3ccc([C@H](C)N)cc3F)c2cc1C. The van der Waals surface area contributed by atoms with Crippen LogP contribution in [0.1, 0.15) is 29.7 Å². The molecule has 0 aliphatic carbocycles. The molecule has 2 aromatic carbocycles. The normalized spacial score (nSPS) is 12.8. The maximum atomic E-state index is 14.4. The number of nitrogens with zero attached hydrogens (tertiary/aromatic N) is 2. The smallest absolute Gasteiger partial charge is 0.147 e. The molecule has 108 valence electrons. The molecule has 4 heteroatoms. The fraction of sp³-hybridized carbons (Fsp3) is 0.235. The Hall–Kier alpha value is -2.20. The third-order valence-electron chi connectivity index (χ3n) is 3.92. The summed E-state index contributed by atoms with van der Waals surface area (Å²) in [5, 5.41) is 0. The molecular weight excluding hydrogens is 265 g/mol. The van der Waals surface area contributed by atoms with Crippen molar-refractivity contribution in [3.8, 4) is 5.69 Å². The zero-order valence-corrected chi connectivity index (χ0v) is 12.4. The van der Waals surface area contributed by atoms with Gasteiger partial charge in [-0.05, 0) is 61.7 Å². The summed E-state index contributed by atoms with van der Waals surface area (Å²) in [5.41, 5.74) is 11.2. The molecule has 3 aromatic rings. The predicted molar refractivity (Wildman–Crippen MR) is 83.1 cm³/mol. The molecule has 3 nitrogen and oxygen atoms in total. The molecule has 0 radical (unpaired) electrons. The molecule has 3 rings (SSSR count). The van der Waals surface area contributed by atoms with Crippen molar-refractivity contribution < 1.29 is 4.39 Å². The highest BCUT2D eigenvalue weighted by Gasteiger charge is 2.12. The minimum atomic E-state index is -0.290. The fourth-order valence-corrected chi connectivity index (χ4v) is 2.46. The van der Waals surface area contributed by atoms with Crippen molar-refractivity contribution >= 4 is 11.0 Å². The van der Waals surface area contributed by atoms with E-state index in [1.54, 1.807) is 17.0 Å². The van der Waals surface area contributed by atoms with E-state index in [2.05, 4.69) is 4.98 Å². The highest BCUT2D eigenvalue weighted by molar-refractivity contribution is 5.79. The van der Waals surface area contributed by atoms with Gasteiger partial charge >= 0.3 is 0 Å². The molecule has 0 saturated heterocycles. The molecule has 21 heavy (non-hydrogen) atoms. The van der Waals surface area contributed by atoms with E-state index >= 15 is 0 Å². The first kappa shape index (κ1) is 13.8. The average molecular weight is 283 g/mol. The van der Waals surface area contributed by atoms with Crippen LogP contribution in [0.4, 0.5) is 4.39 Å². The molecule has 0 bridgehead atoms. The number of hydrogen-bond donors (Lipinski definition) is 1. The van der Waals surface area contributed by atoms with Crippen molar-refractivity contribution in [2.75, 3.05) is 0 Å². The maximum Gasteiger partial charge on any atom is 0.147 e. The monoisotopic (exact) mass is 283 g/mol. The van der Waals surface area contributed by atoms with Crippen molar-refractivity contribution in [2.45, 2.75) is 26.8 Å². The number of aromatic nitrogens is 2. The molecule has 0 aliphatic rings. The Kier molecular flexibility index (Phi) is 3.26. The Labute approximate surface area is 123 Å². The third-order valence-corrected chi connectivity index (χ3v) is 3.92. The number of benzene rings is 2. The minimum absolute atomic E-state index is 0.182. The van der Waals surface area contributed by atoms with Gasteiger partial charge in [0.2, 0.25) is 0 Å². The van der Waals surface area contributed by atoms with Crippen molar-refractivity contribution in [1.29, 1.82) is 0 Å². The lowest BCUT2D eigenvalue weighted by molar-refractivity contribution is 0.614. The molecule has 0 unspecified atom stereocenters. The van der Waals surface area contributed by atoms with Crippen molar-refractivity contribution in [1.82, 2.24) is 9.55 Å². The van der Waals surface area contributed by atoms with Crippen LogP contribution in [0.25, 0.3) is 16.7 Å². The van der Waals surface area contributed by atoms with Gasteiger partial charge < -0.3 is 5.73 Å². The van der Waals surface area contributed by atoms with Gasteiger partial charge in [-0.1, -0.05) is 6.07 Å². The highest BCUT2D eigenvalue weighted by Crippen LogP contribution is 2.24. The van der Waals surface area contributed by atoms with Crippen LogP contribution in [-0.2, 0) is 0 Å². The van der Waals surface area contributed by atoms with Crippen LogP contribution in [0.3, 0.4) is 0 Å². The van der Waals surface area contributed by atoms with Gasteiger partial charge in [0.15, 0.2) is 0 Å². The summed E-state index contributed by atoms with van der Waals surface area (Å²) in [6, 6.07) is 8.98. The number of nitrogens with two attached hydrogens (primary N) is 1. The largest absolute Gasteiger partial charge is 0.324 e. The van der Waals surface area contributed by atoms with Crippen LogP contribution in [0.5, 0.6) is 0 Å². The fourth-order valence-electron chi connectivity index (χ4n) is 2.46. The molecule has 0 aliphatic heterocycles. The van der Waals surface area contributed by atoms with Gasteiger partial charge in [0.1, 0.15) is 12.1 Å². The van der Waals surface area contributed by atoms with Crippen molar-refractivity contribution in [2.24, 2.45) is 5.73 Å². The second-order valence-corrected chi connectivity index (χ2v) is 5.54. The van der Waals surface area contributed by atoms with Crippen molar-refractivity contribution in [3.05, 3.63) is 59.2 Å². The Bertz CT molecular complexity index is 818. The van der Waals surface area contributed by atoms with Gasteiger partial charge in [0, 0.05) is 6.04 Å². The van der Waals surface area contributed by atoms with Crippen LogP contribution < -0.4 is 5.73 Å². The third kappa shape index (κ3) is 2.32. The lowest BCUT2D eigenvalue weighted by Crippen LogP contribution is -2.06. The Morgan fingerprint density at radius 1 is 1.14 bits per heavy atom. The van der Waals surface area contributed by atoms with Gasteiger partial charge in [-0.2, -0.15) is 0 Å². The summed E-state index contributed by atoms with van der Waals surface area (Å²) in [6.45, 7) is 5.93. The number of imidazole rings is 1. The average Bonchev–Trinajstić information content (AvgIpc) is 2.82. The first-order valence-electron chi connectivity index (χ1n) is 6.97. The lowest BCUT2D eigenvalue weighted by Gasteiger charge is -2.10. The van der Waals surface area contributed by atoms with E-state index in [0.29, 0.717) is 5.69 Å². The zero-order chi connectivity index (χ0) is 15.1. The van der Waals surface area contributed by atoms with Gasteiger partial charge in [-0.3, -0.25) is 4.57 Å². The topological polar surface area (TPSA) is 43.8 Å². The van der Waals surface area contributed by atoms with Gasteiger partial charge in [-0.15, -0.1) is 0 Å². The summed E-state index contributed by atoms with van der Waals surface area (Å²) in [5.74, 6) is -0.290. The summed E-state index contributed by atoms with van der Waals surface area (Å²) >= 11 is 0. The summed E-state index contributed by atoms with van der Waals surface area (Å²) in [6.07, 6.45) is 1.66. The second kappa shape index (κ2) is 4.97. The van der Waals surface area contributed by atoms with E-state index in [-0.39, 0.29) is 11.9 Å². The van der Waals surface area contributed by atoms with E-state index in [4.69, 9.17) is 5.73 Å². The molecule has 0 fully saturated rings. The number of halogens is 1. The quantitative estimate of drug-likeness (QED) is 0.777. The molecule has 1 atom stereocenters. The molecule has 0 amide bonds. The van der Waals surface area contributed by atoms with Crippen LogP contribution in [0.15, 0.2) is 36.7 Å². The summed E-state index contributed by atoms with van der Waals surface area (Å²) < 4.78 is 16.2. The summed E-state index contributed by atoms with van der Waals surface area (Å²) in [4.78, 5) is 4.37. The van der Waals surface area contributed by atoms with Gasteiger partial charge in [0.25, 0.3) is 0 Å². The Balaban J connectivity index is 2.19. The number of aryl methyl sites for hydroxylation is 2. The van der Waals surface area contributed by atoms with E-state index in [9.17, 15) is 4.39 Å². The van der Waals surface area contributed by atoms with Crippen LogP contribution in [0.2, 0.25) is 0 Å². The standard InChI is InChI=1S/C17H18FN3/c1-10-6-15-17(7-11(10)2)21(9-20-15)16-5-4-13(12(3)19)8-14(16)18/h4-9,12H,19H2,1-3H3/t12-/m0/s1. The number of fused-ring (bicyclic) bond motifs is 1. The molecule has 0 spiro atoms. The molecule has 1 heterocycles. The maximum absolute atomic E-state index is 14.4. The highest BCUT2D eigenvalue weighted by atomic mass is 19.1. The van der Waals surface area contributed by atoms with E-state index < -0.39 is 0 Å². The van der Waals surface area contributed by atoms with E-state index in [0.717, 1.165) is 22.2 Å². The number of rotatable bonds is 2. The Morgan fingerprint density at radius 2 is 1.86 bits per heavy atom. The number of hydrogen-bond acceptors (Lipinski definition) is 2.